The summed E-state index contributed by atoms with van der Waals surface area (Å²) in [6.45, 7) is 4.62. The van der Waals surface area contributed by atoms with E-state index in [0.29, 0.717) is 22.2 Å². The van der Waals surface area contributed by atoms with E-state index in [4.69, 9.17) is 4.37 Å². The lowest BCUT2D eigenvalue weighted by Gasteiger charge is -2.42. The van der Waals surface area contributed by atoms with Crippen LogP contribution in [0, 0.1) is 0 Å². The van der Waals surface area contributed by atoms with E-state index in [0.717, 1.165) is 54.6 Å². The van der Waals surface area contributed by atoms with Gasteiger partial charge in [0.1, 0.15) is 11.0 Å². The van der Waals surface area contributed by atoms with Gasteiger partial charge in [0, 0.05) is 43.1 Å². The Bertz CT molecular complexity index is 2770. The van der Waals surface area contributed by atoms with Crippen LogP contribution in [0.4, 0.5) is 17.1 Å². The quantitative estimate of drug-likeness (QED) is 0.135. The second-order valence-corrected chi connectivity index (χ2v) is 15.4. The molecule has 6 aromatic carbocycles. The molecule has 0 saturated carbocycles. The normalized spacial score (nSPS) is 14.5. The number of rotatable bonds is 4. The van der Waals surface area contributed by atoms with Crippen LogP contribution in [-0.2, 0) is 5.41 Å². The van der Waals surface area contributed by atoms with Crippen LogP contribution >= 0.6 is 23.1 Å². The minimum atomic E-state index is -0.252. The Morgan fingerprint density at radius 3 is 2.02 bits per heavy atom. The third kappa shape index (κ3) is 4.59. The lowest BCUT2D eigenvalue weighted by molar-refractivity contribution is 0.0990. The van der Waals surface area contributed by atoms with E-state index in [1.807, 2.05) is 48.5 Å². The number of allylic oxidation sites excluding steroid dienone is 1. The largest absolute Gasteiger partial charge is 0.310 e. The number of aromatic nitrogens is 2. The van der Waals surface area contributed by atoms with E-state index in [-0.39, 0.29) is 22.6 Å². The zero-order chi connectivity index (χ0) is 35.1. The summed E-state index contributed by atoms with van der Waals surface area (Å²) in [6.07, 6.45) is 1.69. The number of carbonyl (C=O) groups excluding carboxylic acids is 2. The number of hydrogen-bond donors (Lipinski definition) is 0. The SMILES string of the molecule is CC1(C)c2ccccc2N(c2ccccc2)c2ccc(-c3ccc(-c4ccc(C=C5C(=O)c6cc7ccccc7cc6C5=O)c5nsnc45)s3)cc21. The maximum absolute atomic E-state index is 13.5. The number of fused-ring (bicyclic) bond motifs is 5. The van der Waals surface area contributed by atoms with Crippen LogP contribution in [-0.4, -0.2) is 20.3 Å². The van der Waals surface area contributed by atoms with Crippen molar-refractivity contribution < 1.29 is 9.59 Å². The van der Waals surface area contributed by atoms with Gasteiger partial charge in [0.2, 0.25) is 0 Å². The number of benzene rings is 6. The maximum Gasteiger partial charge on any atom is 0.197 e. The van der Waals surface area contributed by atoms with Crippen molar-refractivity contribution in [3.8, 4) is 20.9 Å². The summed E-state index contributed by atoms with van der Waals surface area (Å²) in [5.41, 5.74) is 11.2. The Kier molecular flexibility index (Phi) is 6.81. The van der Waals surface area contributed by atoms with Crippen LogP contribution < -0.4 is 4.90 Å². The maximum atomic E-state index is 13.5. The van der Waals surface area contributed by atoms with Gasteiger partial charge in [0.15, 0.2) is 11.6 Å². The Balaban J connectivity index is 1.01. The summed E-state index contributed by atoms with van der Waals surface area (Å²) >= 11 is 2.86. The summed E-state index contributed by atoms with van der Waals surface area (Å²) in [7, 11) is 0. The highest BCUT2D eigenvalue weighted by Crippen LogP contribution is 2.53. The molecular formula is C45H29N3O2S2. The van der Waals surface area contributed by atoms with Crippen molar-refractivity contribution in [3.63, 3.8) is 0 Å². The van der Waals surface area contributed by atoms with Crippen molar-refractivity contribution in [2.45, 2.75) is 19.3 Å². The van der Waals surface area contributed by atoms with Crippen LogP contribution in [0.25, 0.3) is 48.8 Å². The molecule has 2 aromatic heterocycles. The standard InChI is InChI=1S/C45H29N3O2S2/c1-45(2)35-14-8-9-15-37(35)48(30-12-4-3-5-13-30)38-19-17-28(25-36(38)45)39-20-21-40(51-39)31-18-16-29(41-42(31)47-52-46-41)24-34-43(49)32-22-26-10-6-7-11-27(26)23-33(32)44(34)50/h3-25H,1-2H3. The minimum Gasteiger partial charge on any atom is -0.310 e. The highest BCUT2D eigenvalue weighted by Gasteiger charge is 2.37. The molecule has 0 N–H and O–H groups in total. The molecule has 8 aromatic rings. The molecule has 248 valence electrons. The van der Waals surface area contributed by atoms with Crippen molar-refractivity contribution >= 4 is 79.6 Å². The molecule has 1 aliphatic carbocycles. The van der Waals surface area contributed by atoms with Crippen LogP contribution in [0.1, 0.15) is 51.3 Å². The van der Waals surface area contributed by atoms with Crippen LogP contribution in [0.3, 0.4) is 0 Å². The van der Waals surface area contributed by atoms with Gasteiger partial charge in [-0.05, 0) is 88.1 Å². The molecule has 7 heteroatoms. The molecule has 0 spiro atoms. The number of Topliss-reactive ketones (excluding diaryl/α,β-unsaturated/α-hetero) is 2. The molecule has 0 saturated heterocycles. The Morgan fingerprint density at radius 2 is 1.25 bits per heavy atom. The Hall–Kier alpha value is -6.02. The molecular weight excluding hydrogens is 679 g/mol. The van der Waals surface area contributed by atoms with Crippen LogP contribution in [0.2, 0.25) is 0 Å². The van der Waals surface area contributed by atoms with Crippen molar-refractivity contribution in [1.82, 2.24) is 8.75 Å². The molecule has 0 unspecified atom stereocenters. The summed E-state index contributed by atoms with van der Waals surface area (Å²) < 4.78 is 9.33. The average molecular weight is 708 g/mol. The summed E-state index contributed by atoms with van der Waals surface area (Å²) in [4.78, 5) is 31.6. The van der Waals surface area contributed by atoms with Gasteiger partial charge in [-0.15, -0.1) is 11.3 Å². The van der Waals surface area contributed by atoms with Gasteiger partial charge < -0.3 is 4.90 Å². The third-order valence-corrected chi connectivity index (χ3v) is 12.2. The number of ketones is 2. The monoisotopic (exact) mass is 707 g/mol. The highest BCUT2D eigenvalue weighted by atomic mass is 32.1. The van der Waals surface area contributed by atoms with Gasteiger partial charge >= 0.3 is 0 Å². The van der Waals surface area contributed by atoms with Crippen molar-refractivity contribution in [3.05, 3.63) is 167 Å². The van der Waals surface area contributed by atoms with Gasteiger partial charge in [-0.25, -0.2) is 0 Å². The molecule has 5 nitrogen and oxygen atoms in total. The fourth-order valence-corrected chi connectivity index (χ4v) is 9.46. The first-order valence-corrected chi connectivity index (χ1v) is 18.7. The van der Waals surface area contributed by atoms with E-state index in [1.54, 1.807) is 17.4 Å². The first-order valence-electron chi connectivity index (χ1n) is 17.2. The van der Waals surface area contributed by atoms with Crippen LogP contribution in [0.5, 0.6) is 0 Å². The number of para-hydroxylation sites is 2. The number of carbonyl (C=O) groups is 2. The lowest BCUT2D eigenvalue weighted by atomic mass is 9.73. The predicted octanol–water partition coefficient (Wildman–Crippen LogP) is 11.8. The molecule has 0 bridgehead atoms. The Labute approximate surface area is 308 Å². The average Bonchev–Trinajstić information content (AvgIpc) is 3.92. The van der Waals surface area contributed by atoms with Crippen molar-refractivity contribution in [2.75, 3.05) is 4.90 Å². The minimum absolute atomic E-state index is 0.162. The molecule has 0 fully saturated rings. The van der Waals surface area contributed by atoms with Gasteiger partial charge in [-0.3, -0.25) is 9.59 Å². The Morgan fingerprint density at radius 1 is 0.596 bits per heavy atom. The van der Waals surface area contributed by atoms with Crippen molar-refractivity contribution in [2.24, 2.45) is 0 Å². The number of hydrogen-bond acceptors (Lipinski definition) is 7. The molecule has 0 amide bonds. The van der Waals surface area contributed by atoms with E-state index in [1.165, 1.54) is 22.5 Å². The van der Waals surface area contributed by atoms with E-state index in [9.17, 15) is 9.59 Å². The topological polar surface area (TPSA) is 63.2 Å². The molecule has 52 heavy (non-hydrogen) atoms. The molecule has 3 heterocycles. The molecule has 1 aliphatic heterocycles. The summed E-state index contributed by atoms with van der Waals surface area (Å²) in [5, 5.41) is 1.88. The zero-order valence-corrected chi connectivity index (χ0v) is 29.9. The van der Waals surface area contributed by atoms with E-state index >= 15 is 0 Å². The first kappa shape index (κ1) is 30.8. The smallest absolute Gasteiger partial charge is 0.197 e. The third-order valence-electron chi connectivity index (χ3n) is 10.5. The second kappa shape index (κ2) is 11.5. The number of anilines is 3. The fourth-order valence-electron chi connectivity index (χ4n) is 7.85. The van der Waals surface area contributed by atoms with Gasteiger partial charge in [-0.1, -0.05) is 92.7 Å². The predicted molar refractivity (Wildman–Crippen MR) is 214 cm³/mol. The molecule has 2 aliphatic rings. The second-order valence-electron chi connectivity index (χ2n) is 13.8. The zero-order valence-electron chi connectivity index (χ0n) is 28.3. The first-order chi connectivity index (χ1) is 25.4. The van der Waals surface area contributed by atoms with Gasteiger partial charge in [0.25, 0.3) is 0 Å². The molecule has 0 atom stereocenters. The summed E-state index contributed by atoms with van der Waals surface area (Å²) in [5.74, 6) is -0.504. The van der Waals surface area contributed by atoms with Crippen LogP contribution in [0.15, 0.2) is 139 Å². The summed E-state index contributed by atoms with van der Waals surface area (Å²) in [6, 6.07) is 45.8. The van der Waals surface area contributed by atoms with E-state index < -0.39 is 0 Å². The van der Waals surface area contributed by atoms with Gasteiger partial charge in [0.05, 0.1) is 28.7 Å². The molecule has 0 radical (unpaired) electrons. The lowest BCUT2D eigenvalue weighted by Crippen LogP contribution is -2.30. The van der Waals surface area contributed by atoms with Gasteiger partial charge in [-0.2, -0.15) is 8.75 Å². The van der Waals surface area contributed by atoms with Crippen molar-refractivity contribution in [1.29, 1.82) is 0 Å². The highest BCUT2D eigenvalue weighted by molar-refractivity contribution is 7.19. The van der Waals surface area contributed by atoms with E-state index in [2.05, 4.69) is 108 Å². The number of thiophene rings is 1. The number of nitrogens with zero attached hydrogens (tertiary/aromatic N) is 3. The molecule has 10 rings (SSSR count). The fraction of sp³-hybridized carbons (Fsp3) is 0.0667.